The second-order valence-corrected chi connectivity index (χ2v) is 6.50. The SMILES string of the molecule is COc1ccc(OC[C@@H](O)CNC(=O)c2cc3cc(C)ccc3n2C)cc1. The zero-order chi connectivity index (χ0) is 19.4. The number of aliphatic hydroxyl groups is 1. The third kappa shape index (κ3) is 4.41. The molecule has 0 unspecified atom stereocenters. The third-order valence-electron chi connectivity index (χ3n) is 4.43. The molecular formula is C21H24N2O4. The maximum Gasteiger partial charge on any atom is 0.268 e. The first-order chi connectivity index (χ1) is 13.0. The van der Waals surface area contributed by atoms with Crippen molar-refractivity contribution in [1.29, 1.82) is 0 Å². The van der Waals surface area contributed by atoms with E-state index in [1.54, 1.807) is 31.4 Å². The van der Waals surface area contributed by atoms with E-state index in [1.165, 1.54) is 0 Å². The van der Waals surface area contributed by atoms with E-state index >= 15 is 0 Å². The molecule has 0 bridgehead atoms. The number of hydrogen-bond donors (Lipinski definition) is 2. The number of carbonyl (C=O) groups excluding carboxylic acids is 1. The smallest absolute Gasteiger partial charge is 0.268 e. The Balaban J connectivity index is 1.54. The number of fused-ring (bicyclic) bond motifs is 1. The van der Waals surface area contributed by atoms with Crippen molar-refractivity contribution in [3.05, 3.63) is 59.8 Å². The number of nitrogens with zero attached hydrogens (tertiary/aromatic N) is 1. The molecular weight excluding hydrogens is 344 g/mol. The summed E-state index contributed by atoms with van der Waals surface area (Å²) in [5.41, 5.74) is 2.69. The predicted octanol–water partition coefficient (Wildman–Crippen LogP) is 2.67. The van der Waals surface area contributed by atoms with Crippen molar-refractivity contribution in [3.63, 3.8) is 0 Å². The highest BCUT2D eigenvalue weighted by atomic mass is 16.5. The molecule has 0 saturated carbocycles. The van der Waals surface area contributed by atoms with Gasteiger partial charge >= 0.3 is 0 Å². The van der Waals surface area contributed by atoms with Gasteiger partial charge in [0, 0.05) is 24.5 Å². The number of nitrogens with one attached hydrogen (secondary N) is 1. The number of benzene rings is 2. The van der Waals surface area contributed by atoms with Crippen LogP contribution in [0.3, 0.4) is 0 Å². The maximum absolute atomic E-state index is 12.5. The number of methoxy groups -OCH3 is 1. The summed E-state index contributed by atoms with van der Waals surface area (Å²) in [6.45, 7) is 2.21. The normalized spacial score (nSPS) is 12.0. The van der Waals surface area contributed by atoms with Crippen molar-refractivity contribution >= 4 is 16.8 Å². The fourth-order valence-corrected chi connectivity index (χ4v) is 2.91. The van der Waals surface area contributed by atoms with Crippen LogP contribution in [0, 0.1) is 6.92 Å². The largest absolute Gasteiger partial charge is 0.497 e. The van der Waals surface area contributed by atoms with E-state index in [4.69, 9.17) is 9.47 Å². The first kappa shape index (κ1) is 18.8. The lowest BCUT2D eigenvalue weighted by Gasteiger charge is -2.14. The Bertz CT molecular complexity index is 931. The van der Waals surface area contributed by atoms with Crippen LogP contribution in [0.2, 0.25) is 0 Å². The summed E-state index contributed by atoms with van der Waals surface area (Å²) in [6.07, 6.45) is -0.812. The van der Waals surface area contributed by atoms with E-state index in [2.05, 4.69) is 5.32 Å². The van der Waals surface area contributed by atoms with Crippen LogP contribution in [0.4, 0.5) is 0 Å². The van der Waals surface area contributed by atoms with Gasteiger partial charge in [-0.25, -0.2) is 0 Å². The van der Waals surface area contributed by atoms with Gasteiger partial charge in [0.05, 0.1) is 7.11 Å². The average Bonchev–Trinajstić information content (AvgIpc) is 3.00. The predicted molar refractivity (Wildman–Crippen MR) is 104 cm³/mol. The molecule has 1 amide bonds. The van der Waals surface area contributed by atoms with Crippen LogP contribution in [0.5, 0.6) is 11.5 Å². The molecule has 142 valence electrons. The number of carbonyl (C=O) groups is 1. The Kier molecular flexibility index (Phi) is 5.66. The summed E-state index contributed by atoms with van der Waals surface area (Å²) in [5, 5.41) is 13.9. The molecule has 0 aliphatic heterocycles. The van der Waals surface area contributed by atoms with Gasteiger partial charge in [-0.2, -0.15) is 0 Å². The molecule has 0 saturated heterocycles. The Morgan fingerprint density at radius 1 is 1.15 bits per heavy atom. The van der Waals surface area contributed by atoms with Crippen molar-refractivity contribution in [2.75, 3.05) is 20.3 Å². The Morgan fingerprint density at radius 3 is 2.56 bits per heavy atom. The fraction of sp³-hybridized carbons (Fsp3) is 0.286. The van der Waals surface area contributed by atoms with E-state index in [-0.39, 0.29) is 19.1 Å². The van der Waals surface area contributed by atoms with Crippen LogP contribution in [0.15, 0.2) is 48.5 Å². The van der Waals surface area contributed by atoms with Gasteiger partial charge in [-0.1, -0.05) is 11.6 Å². The van der Waals surface area contributed by atoms with Crippen molar-refractivity contribution in [2.45, 2.75) is 13.0 Å². The molecule has 2 N–H and O–H groups in total. The summed E-state index contributed by atoms with van der Waals surface area (Å²) in [6, 6.07) is 15.0. The molecule has 0 aliphatic rings. The number of aliphatic hydroxyl groups excluding tert-OH is 1. The van der Waals surface area contributed by atoms with Crippen molar-refractivity contribution in [1.82, 2.24) is 9.88 Å². The molecule has 6 heteroatoms. The van der Waals surface area contributed by atoms with E-state index in [0.717, 1.165) is 22.2 Å². The van der Waals surface area contributed by atoms with Gasteiger partial charge < -0.3 is 24.5 Å². The lowest BCUT2D eigenvalue weighted by molar-refractivity contribution is 0.0837. The van der Waals surface area contributed by atoms with Crippen molar-refractivity contribution < 1.29 is 19.4 Å². The van der Waals surface area contributed by atoms with E-state index < -0.39 is 6.10 Å². The molecule has 0 spiro atoms. The molecule has 1 aromatic heterocycles. The molecule has 6 nitrogen and oxygen atoms in total. The molecule has 0 aliphatic carbocycles. The monoisotopic (exact) mass is 368 g/mol. The van der Waals surface area contributed by atoms with Crippen molar-refractivity contribution in [2.24, 2.45) is 7.05 Å². The standard InChI is InChI=1S/C21H24N2O4/c1-14-4-9-19-15(10-14)11-20(23(19)2)21(25)22-12-16(24)13-27-18-7-5-17(26-3)6-8-18/h4-11,16,24H,12-13H2,1-3H3,(H,22,25)/t16-/m0/s1. The van der Waals surface area contributed by atoms with Gasteiger partial charge in [-0.3, -0.25) is 4.79 Å². The second kappa shape index (κ2) is 8.14. The maximum atomic E-state index is 12.5. The Hall–Kier alpha value is -2.99. The molecule has 2 aromatic carbocycles. The molecule has 1 atom stereocenters. The number of ether oxygens (including phenoxy) is 2. The van der Waals surface area contributed by atoms with Crippen LogP contribution in [0.1, 0.15) is 16.1 Å². The van der Waals surface area contributed by atoms with E-state index in [9.17, 15) is 9.90 Å². The molecule has 0 fully saturated rings. The van der Waals surface area contributed by atoms with E-state index in [0.29, 0.717) is 11.4 Å². The zero-order valence-electron chi connectivity index (χ0n) is 15.7. The molecule has 0 radical (unpaired) electrons. The molecule has 27 heavy (non-hydrogen) atoms. The van der Waals surface area contributed by atoms with Crippen LogP contribution in [-0.4, -0.2) is 41.9 Å². The highest BCUT2D eigenvalue weighted by Gasteiger charge is 2.15. The summed E-state index contributed by atoms with van der Waals surface area (Å²) < 4.78 is 12.5. The van der Waals surface area contributed by atoms with E-state index in [1.807, 2.05) is 42.8 Å². The quantitative estimate of drug-likeness (QED) is 0.673. The van der Waals surface area contributed by atoms with Gasteiger partial charge in [-0.15, -0.1) is 0 Å². The summed E-state index contributed by atoms with van der Waals surface area (Å²) in [5.74, 6) is 1.14. The topological polar surface area (TPSA) is 72.7 Å². The van der Waals surface area contributed by atoms with Gasteiger partial charge in [0.15, 0.2) is 0 Å². The fourth-order valence-electron chi connectivity index (χ4n) is 2.91. The first-order valence-corrected chi connectivity index (χ1v) is 8.77. The highest BCUT2D eigenvalue weighted by Crippen LogP contribution is 2.20. The average molecular weight is 368 g/mol. The van der Waals surface area contributed by atoms with Gasteiger partial charge in [0.25, 0.3) is 5.91 Å². The van der Waals surface area contributed by atoms with Crippen LogP contribution in [0.25, 0.3) is 10.9 Å². The lowest BCUT2D eigenvalue weighted by atomic mass is 10.2. The minimum Gasteiger partial charge on any atom is -0.497 e. The highest BCUT2D eigenvalue weighted by molar-refractivity contribution is 5.98. The molecule has 1 heterocycles. The third-order valence-corrected chi connectivity index (χ3v) is 4.43. The van der Waals surface area contributed by atoms with Crippen LogP contribution in [-0.2, 0) is 7.05 Å². The number of rotatable bonds is 7. The summed E-state index contributed by atoms with van der Waals surface area (Å²) in [7, 11) is 3.45. The number of aromatic nitrogens is 1. The first-order valence-electron chi connectivity index (χ1n) is 8.77. The lowest BCUT2D eigenvalue weighted by Crippen LogP contribution is -2.36. The van der Waals surface area contributed by atoms with Gasteiger partial charge in [-0.05, 0) is 49.4 Å². The molecule has 3 aromatic rings. The van der Waals surface area contributed by atoms with Crippen molar-refractivity contribution in [3.8, 4) is 11.5 Å². The Labute approximate surface area is 158 Å². The van der Waals surface area contributed by atoms with Gasteiger partial charge in [0.1, 0.15) is 29.9 Å². The number of hydrogen-bond acceptors (Lipinski definition) is 4. The summed E-state index contributed by atoms with van der Waals surface area (Å²) >= 11 is 0. The summed E-state index contributed by atoms with van der Waals surface area (Å²) in [4.78, 5) is 12.5. The minimum atomic E-state index is -0.812. The van der Waals surface area contributed by atoms with Gasteiger partial charge in [0.2, 0.25) is 0 Å². The number of amides is 1. The molecule has 3 rings (SSSR count). The Morgan fingerprint density at radius 2 is 1.85 bits per heavy atom. The zero-order valence-corrected chi connectivity index (χ0v) is 15.7. The minimum absolute atomic E-state index is 0.0842. The number of aryl methyl sites for hydroxylation is 2. The second-order valence-electron chi connectivity index (χ2n) is 6.50. The van der Waals surface area contributed by atoms with Crippen LogP contribution >= 0.6 is 0 Å². The van der Waals surface area contributed by atoms with Crippen LogP contribution < -0.4 is 14.8 Å².